The molecular formula is C22H32N4. The highest BCUT2D eigenvalue weighted by Crippen LogP contribution is 2.10. The molecule has 3 rings (SSSR count). The first-order valence-corrected chi connectivity index (χ1v) is 9.77. The molecule has 1 aromatic heterocycles. The van der Waals surface area contributed by atoms with Gasteiger partial charge in [-0.15, -0.1) is 0 Å². The number of hydrogen-bond acceptors (Lipinski definition) is 4. The van der Waals surface area contributed by atoms with E-state index in [9.17, 15) is 0 Å². The molecule has 1 aromatic carbocycles. The molecule has 0 radical (unpaired) electrons. The van der Waals surface area contributed by atoms with Crippen molar-refractivity contribution >= 4 is 0 Å². The third-order valence-corrected chi connectivity index (χ3v) is 5.01. The summed E-state index contributed by atoms with van der Waals surface area (Å²) in [6.07, 6.45) is 2.39. The Labute approximate surface area is 158 Å². The number of benzene rings is 1. The molecule has 0 aliphatic carbocycles. The number of hydrogen-bond donors (Lipinski definition) is 0. The summed E-state index contributed by atoms with van der Waals surface area (Å²) in [5.74, 6) is 0. The number of rotatable bonds is 2. The molecule has 1 aliphatic heterocycles. The number of pyridine rings is 1. The van der Waals surface area contributed by atoms with Crippen LogP contribution in [0.25, 0.3) is 0 Å². The summed E-state index contributed by atoms with van der Waals surface area (Å²) in [6.45, 7) is 7.42. The van der Waals surface area contributed by atoms with Gasteiger partial charge in [0.2, 0.25) is 0 Å². The Bertz CT molecular complexity index is 625. The molecule has 4 nitrogen and oxygen atoms in total. The smallest absolute Gasteiger partial charge is 0.0547 e. The average Bonchev–Trinajstić information content (AvgIpc) is 2.62. The zero-order valence-electron chi connectivity index (χ0n) is 16.3. The van der Waals surface area contributed by atoms with Crippen molar-refractivity contribution in [3.8, 4) is 0 Å². The Morgan fingerprint density at radius 3 is 1.88 bits per heavy atom. The maximum absolute atomic E-state index is 4.84. The second-order valence-corrected chi connectivity index (χ2v) is 7.56. The lowest BCUT2D eigenvalue weighted by Crippen LogP contribution is -2.31. The predicted molar refractivity (Wildman–Crippen MR) is 108 cm³/mol. The van der Waals surface area contributed by atoms with Crippen LogP contribution in [-0.2, 0) is 19.6 Å². The van der Waals surface area contributed by atoms with Crippen LogP contribution in [0.3, 0.4) is 0 Å². The molecule has 0 amide bonds. The first kappa shape index (κ1) is 19.0. The topological polar surface area (TPSA) is 22.6 Å². The molecule has 0 N–H and O–H groups in total. The van der Waals surface area contributed by atoms with E-state index >= 15 is 0 Å². The minimum atomic E-state index is 0.927. The largest absolute Gasteiger partial charge is 0.300 e. The fourth-order valence-corrected chi connectivity index (χ4v) is 3.66. The average molecular weight is 353 g/mol. The summed E-state index contributed by atoms with van der Waals surface area (Å²) < 4.78 is 0. The maximum Gasteiger partial charge on any atom is 0.0547 e. The lowest BCUT2D eigenvalue weighted by atomic mass is 10.2. The lowest BCUT2D eigenvalue weighted by molar-refractivity contribution is 0.215. The second-order valence-electron chi connectivity index (χ2n) is 7.56. The highest BCUT2D eigenvalue weighted by atomic mass is 15.2. The van der Waals surface area contributed by atoms with Crippen LogP contribution in [0.15, 0.2) is 48.5 Å². The van der Waals surface area contributed by atoms with Gasteiger partial charge in [0, 0.05) is 19.6 Å². The fourth-order valence-electron chi connectivity index (χ4n) is 3.66. The zero-order valence-corrected chi connectivity index (χ0v) is 16.3. The Balaban J connectivity index is 1.65. The van der Waals surface area contributed by atoms with Crippen LogP contribution in [0.5, 0.6) is 0 Å². The van der Waals surface area contributed by atoms with Crippen molar-refractivity contribution < 1.29 is 0 Å². The summed E-state index contributed by atoms with van der Waals surface area (Å²) in [5.41, 5.74) is 3.77. The van der Waals surface area contributed by atoms with Gasteiger partial charge in [-0.25, -0.2) is 0 Å². The molecule has 0 fully saturated rings. The molecule has 0 atom stereocenters. The third kappa shape index (κ3) is 6.20. The molecule has 1 aliphatic rings. The highest BCUT2D eigenvalue weighted by molar-refractivity contribution is 5.14. The molecule has 2 heterocycles. The molecule has 0 saturated heterocycles. The van der Waals surface area contributed by atoms with E-state index in [1.54, 1.807) is 0 Å². The number of fused-ring (bicyclic) bond motifs is 2. The van der Waals surface area contributed by atoms with E-state index in [-0.39, 0.29) is 0 Å². The van der Waals surface area contributed by atoms with E-state index in [0.717, 1.165) is 45.8 Å². The van der Waals surface area contributed by atoms with E-state index in [2.05, 4.69) is 77.3 Å². The summed E-state index contributed by atoms with van der Waals surface area (Å²) in [7, 11) is 4.40. The van der Waals surface area contributed by atoms with E-state index in [4.69, 9.17) is 4.98 Å². The van der Waals surface area contributed by atoms with Gasteiger partial charge in [-0.2, -0.15) is 0 Å². The first-order chi connectivity index (χ1) is 12.7. The fraction of sp³-hybridized carbons (Fsp3) is 0.500. The molecular weight excluding hydrogens is 320 g/mol. The van der Waals surface area contributed by atoms with Gasteiger partial charge in [-0.05, 0) is 70.8 Å². The third-order valence-electron chi connectivity index (χ3n) is 5.01. The van der Waals surface area contributed by atoms with Crippen LogP contribution >= 0.6 is 0 Å². The molecule has 0 spiro atoms. The van der Waals surface area contributed by atoms with E-state index in [1.807, 2.05) is 0 Å². The van der Waals surface area contributed by atoms with E-state index < -0.39 is 0 Å². The molecule has 140 valence electrons. The molecule has 4 heteroatoms. The van der Waals surface area contributed by atoms with Crippen LogP contribution in [0.1, 0.15) is 29.8 Å². The van der Waals surface area contributed by atoms with Gasteiger partial charge >= 0.3 is 0 Å². The van der Waals surface area contributed by atoms with Crippen LogP contribution in [0.2, 0.25) is 0 Å². The standard InChI is InChI=1S/C22H32N4/c1-24-13-7-15-26(17-20-9-4-3-5-10-20)16-8-14-25(2)19-22-12-6-11-21(18-24)23-22/h3-6,9-12H,7-8,13-19H2,1-2H3. The Morgan fingerprint density at radius 2 is 1.31 bits per heavy atom. The van der Waals surface area contributed by atoms with Crippen molar-refractivity contribution in [1.29, 1.82) is 0 Å². The molecule has 0 unspecified atom stereocenters. The lowest BCUT2D eigenvalue weighted by Gasteiger charge is -2.26. The SMILES string of the molecule is CN1CCCN(Cc2ccccc2)CCCN(C)Cc2cccc(n2)C1. The monoisotopic (exact) mass is 352 g/mol. The maximum atomic E-state index is 4.84. The zero-order chi connectivity index (χ0) is 18.2. The van der Waals surface area contributed by atoms with Crippen molar-refractivity contribution in [3.63, 3.8) is 0 Å². The normalized spacial score (nSPS) is 19.2. The minimum absolute atomic E-state index is 0.927. The van der Waals surface area contributed by atoms with Gasteiger partial charge in [-0.1, -0.05) is 36.4 Å². The Kier molecular flexibility index (Phi) is 7.18. The van der Waals surface area contributed by atoms with Gasteiger partial charge in [0.05, 0.1) is 11.4 Å². The molecule has 26 heavy (non-hydrogen) atoms. The van der Waals surface area contributed by atoms with Gasteiger partial charge in [-0.3, -0.25) is 9.88 Å². The first-order valence-electron chi connectivity index (χ1n) is 9.77. The van der Waals surface area contributed by atoms with Crippen molar-refractivity contribution in [3.05, 3.63) is 65.5 Å². The Hall–Kier alpha value is -1.75. The highest BCUT2D eigenvalue weighted by Gasteiger charge is 2.10. The summed E-state index contributed by atoms with van der Waals surface area (Å²) in [5, 5.41) is 0. The second kappa shape index (κ2) is 9.81. The van der Waals surface area contributed by atoms with Crippen molar-refractivity contribution in [2.75, 3.05) is 40.3 Å². The van der Waals surface area contributed by atoms with Gasteiger partial charge in [0.1, 0.15) is 0 Å². The quantitative estimate of drug-likeness (QED) is 0.827. The molecule has 0 saturated carbocycles. The van der Waals surface area contributed by atoms with E-state index in [0.29, 0.717) is 0 Å². The van der Waals surface area contributed by atoms with Crippen LogP contribution in [0.4, 0.5) is 0 Å². The van der Waals surface area contributed by atoms with Crippen molar-refractivity contribution in [2.45, 2.75) is 32.5 Å². The minimum Gasteiger partial charge on any atom is -0.300 e. The number of nitrogens with zero attached hydrogens (tertiary/aromatic N) is 4. The van der Waals surface area contributed by atoms with Crippen LogP contribution < -0.4 is 0 Å². The van der Waals surface area contributed by atoms with Crippen molar-refractivity contribution in [1.82, 2.24) is 19.7 Å². The Morgan fingerprint density at radius 1 is 0.731 bits per heavy atom. The van der Waals surface area contributed by atoms with Crippen LogP contribution in [-0.4, -0.2) is 60.0 Å². The predicted octanol–water partition coefficient (Wildman–Crippen LogP) is 3.24. The summed E-state index contributed by atoms with van der Waals surface area (Å²) >= 11 is 0. The van der Waals surface area contributed by atoms with Gasteiger partial charge < -0.3 is 9.80 Å². The van der Waals surface area contributed by atoms with Gasteiger partial charge in [0.25, 0.3) is 0 Å². The van der Waals surface area contributed by atoms with E-state index in [1.165, 1.54) is 29.8 Å². The molecule has 2 bridgehead atoms. The van der Waals surface area contributed by atoms with Gasteiger partial charge in [0.15, 0.2) is 0 Å². The van der Waals surface area contributed by atoms with Crippen molar-refractivity contribution in [2.24, 2.45) is 0 Å². The van der Waals surface area contributed by atoms with Crippen LogP contribution in [0, 0.1) is 0 Å². The summed E-state index contributed by atoms with van der Waals surface area (Å²) in [6, 6.07) is 17.3. The summed E-state index contributed by atoms with van der Waals surface area (Å²) in [4.78, 5) is 12.2. The number of aromatic nitrogens is 1. The molecule has 2 aromatic rings.